The van der Waals surface area contributed by atoms with Crippen molar-refractivity contribution in [1.82, 2.24) is 4.57 Å². The van der Waals surface area contributed by atoms with Gasteiger partial charge in [0.1, 0.15) is 5.69 Å². The summed E-state index contributed by atoms with van der Waals surface area (Å²) in [6, 6.07) is 10.4. The largest absolute Gasteiger partial charge is 0.372 e. The zero-order chi connectivity index (χ0) is 14.0. The fourth-order valence-corrected chi connectivity index (χ4v) is 1.84. The lowest BCUT2D eigenvalue weighted by molar-refractivity contribution is -0.385. The lowest BCUT2D eigenvalue weighted by atomic mass is 10.2. The van der Waals surface area contributed by atoms with Crippen molar-refractivity contribution in [3.8, 4) is 5.69 Å². The highest BCUT2D eigenvalue weighted by molar-refractivity contribution is 5.61. The van der Waals surface area contributed by atoms with E-state index >= 15 is 0 Å². The van der Waals surface area contributed by atoms with E-state index in [0.29, 0.717) is 11.4 Å². The molecule has 2 rings (SSSR count). The molecule has 0 saturated carbocycles. The number of rotatable bonds is 3. The summed E-state index contributed by atoms with van der Waals surface area (Å²) in [6.07, 6.45) is 1.54. The van der Waals surface area contributed by atoms with Crippen LogP contribution in [0.1, 0.15) is 0 Å². The Labute approximate surface area is 109 Å². The molecule has 1 aromatic heterocycles. The second-order valence-electron chi connectivity index (χ2n) is 4.21. The number of benzene rings is 1. The first-order valence-corrected chi connectivity index (χ1v) is 5.65. The quantitative estimate of drug-likeness (QED) is 0.622. The predicted octanol–water partition coefficient (Wildman–Crippen LogP) is 1.81. The molecule has 98 valence electrons. The minimum atomic E-state index is -0.642. The van der Waals surface area contributed by atoms with Crippen LogP contribution in [0, 0.1) is 10.1 Å². The van der Waals surface area contributed by atoms with Crippen LogP contribution in [0.3, 0.4) is 0 Å². The molecule has 0 bridgehead atoms. The third-order valence-corrected chi connectivity index (χ3v) is 2.74. The zero-order valence-electron chi connectivity index (χ0n) is 10.6. The zero-order valence-corrected chi connectivity index (χ0v) is 10.6. The third-order valence-electron chi connectivity index (χ3n) is 2.74. The second kappa shape index (κ2) is 4.93. The average molecular weight is 259 g/mol. The van der Waals surface area contributed by atoms with Crippen molar-refractivity contribution in [1.29, 1.82) is 0 Å². The monoisotopic (exact) mass is 259 g/mol. The second-order valence-corrected chi connectivity index (χ2v) is 4.21. The summed E-state index contributed by atoms with van der Waals surface area (Å²) in [7, 11) is 3.32. The van der Waals surface area contributed by atoms with E-state index in [9.17, 15) is 14.9 Å². The molecule has 0 aliphatic carbocycles. The Bertz CT molecular complexity index is 663. The number of pyridine rings is 1. The van der Waals surface area contributed by atoms with Gasteiger partial charge in [0.15, 0.2) is 0 Å². The number of aromatic nitrogens is 1. The summed E-state index contributed by atoms with van der Waals surface area (Å²) < 4.78 is 1.27. The Morgan fingerprint density at radius 2 is 1.79 bits per heavy atom. The maximum atomic E-state index is 12.2. The molecule has 0 N–H and O–H groups in total. The van der Waals surface area contributed by atoms with E-state index in [1.807, 2.05) is 6.07 Å². The van der Waals surface area contributed by atoms with Gasteiger partial charge < -0.3 is 4.90 Å². The van der Waals surface area contributed by atoms with Gasteiger partial charge in [-0.3, -0.25) is 19.5 Å². The van der Waals surface area contributed by atoms with Crippen LogP contribution in [-0.2, 0) is 0 Å². The molecule has 0 aliphatic heterocycles. The molecule has 6 nitrogen and oxygen atoms in total. The summed E-state index contributed by atoms with van der Waals surface area (Å²) in [5, 5.41) is 11.1. The maximum absolute atomic E-state index is 12.2. The highest BCUT2D eigenvalue weighted by Gasteiger charge is 2.22. The van der Waals surface area contributed by atoms with Crippen LogP contribution >= 0.6 is 0 Å². The first-order chi connectivity index (χ1) is 9.02. The molecule has 1 heterocycles. The average Bonchev–Trinajstić information content (AvgIpc) is 2.38. The number of anilines is 1. The van der Waals surface area contributed by atoms with E-state index < -0.39 is 16.2 Å². The minimum Gasteiger partial charge on any atom is -0.372 e. The Hall–Kier alpha value is -2.63. The molecule has 0 aliphatic rings. The smallest absolute Gasteiger partial charge is 0.357 e. The van der Waals surface area contributed by atoms with Crippen molar-refractivity contribution in [2.75, 3.05) is 19.0 Å². The number of para-hydroxylation sites is 1. The van der Waals surface area contributed by atoms with E-state index in [1.54, 1.807) is 55.5 Å². The van der Waals surface area contributed by atoms with Gasteiger partial charge in [0.2, 0.25) is 0 Å². The number of hydrogen-bond donors (Lipinski definition) is 0. The third kappa shape index (κ3) is 2.33. The Morgan fingerprint density at radius 3 is 2.32 bits per heavy atom. The molecule has 0 saturated heterocycles. The van der Waals surface area contributed by atoms with Crippen LogP contribution in [-0.4, -0.2) is 23.6 Å². The van der Waals surface area contributed by atoms with Crippen LogP contribution in [0.4, 0.5) is 11.4 Å². The lowest BCUT2D eigenvalue weighted by Gasteiger charge is -2.13. The minimum absolute atomic E-state index is 0.294. The SMILES string of the molecule is CN(C)c1ccn(-c2ccccc2)c(=O)c1[N+](=O)[O-]. The number of hydrogen-bond acceptors (Lipinski definition) is 4. The van der Waals surface area contributed by atoms with E-state index in [0.717, 1.165) is 0 Å². The molecule has 6 heteroatoms. The van der Waals surface area contributed by atoms with Crippen LogP contribution in [0.15, 0.2) is 47.4 Å². The van der Waals surface area contributed by atoms with Crippen LogP contribution in [0.25, 0.3) is 5.69 Å². The summed E-state index contributed by atoms with van der Waals surface area (Å²) in [6.45, 7) is 0. The topological polar surface area (TPSA) is 68.4 Å². The lowest BCUT2D eigenvalue weighted by Crippen LogP contribution is -2.24. The van der Waals surface area contributed by atoms with Crippen molar-refractivity contribution in [3.05, 3.63) is 63.1 Å². The highest BCUT2D eigenvalue weighted by atomic mass is 16.6. The van der Waals surface area contributed by atoms with Gasteiger partial charge in [0, 0.05) is 26.0 Å². The Balaban J connectivity index is 2.71. The van der Waals surface area contributed by atoms with Crippen molar-refractivity contribution >= 4 is 11.4 Å². The van der Waals surface area contributed by atoms with Crippen molar-refractivity contribution < 1.29 is 4.92 Å². The van der Waals surface area contributed by atoms with Gasteiger partial charge in [-0.2, -0.15) is 0 Å². The first kappa shape index (κ1) is 12.8. The summed E-state index contributed by atoms with van der Waals surface area (Å²) in [4.78, 5) is 24.2. The molecule has 1 aromatic carbocycles. The van der Waals surface area contributed by atoms with Crippen molar-refractivity contribution in [3.63, 3.8) is 0 Å². The summed E-state index contributed by atoms with van der Waals surface area (Å²) in [5.74, 6) is 0. The van der Waals surface area contributed by atoms with Crippen LogP contribution in [0.2, 0.25) is 0 Å². The van der Waals surface area contributed by atoms with Crippen molar-refractivity contribution in [2.45, 2.75) is 0 Å². The fourth-order valence-electron chi connectivity index (χ4n) is 1.84. The fraction of sp³-hybridized carbons (Fsp3) is 0.154. The molecule has 0 radical (unpaired) electrons. The van der Waals surface area contributed by atoms with E-state index in [4.69, 9.17) is 0 Å². The van der Waals surface area contributed by atoms with Gasteiger partial charge >= 0.3 is 11.2 Å². The van der Waals surface area contributed by atoms with Gasteiger partial charge in [-0.25, -0.2) is 0 Å². The molecular formula is C13H13N3O3. The van der Waals surface area contributed by atoms with Gasteiger partial charge in [0.05, 0.1) is 4.92 Å². The molecule has 0 unspecified atom stereocenters. The Morgan fingerprint density at radius 1 is 1.16 bits per heavy atom. The van der Waals surface area contributed by atoms with Crippen molar-refractivity contribution in [2.24, 2.45) is 0 Å². The standard InChI is InChI=1S/C13H13N3O3/c1-14(2)11-8-9-15(10-6-4-3-5-7-10)13(17)12(11)16(18)19/h3-9H,1-2H3. The van der Waals surface area contributed by atoms with E-state index in [1.165, 1.54) is 4.57 Å². The molecular weight excluding hydrogens is 246 g/mol. The summed E-state index contributed by atoms with van der Waals surface area (Å²) >= 11 is 0. The van der Waals surface area contributed by atoms with Gasteiger partial charge in [-0.15, -0.1) is 0 Å². The van der Waals surface area contributed by atoms with E-state index in [2.05, 4.69) is 0 Å². The molecule has 0 spiro atoms. The predicted molar refractivity (Wildman–Crippen MR) is 73.0 cm³/mol. The molecule has 19 heavy (non-hydrogen) atoms. The van der Waals surface area contributed by atoms with Crippen LogP contribution in [0.5, 0.6) is 0 Å². The highest BCUT2D eigenvalue weighted by Crippen LogP contribution is 2.22. The van der Waals surface area contributed by atoms with Crippen LogP contribution < -0.4 is 10.5 Å². The Kier molecular flexibility index (Phi) is 3.33. The molecule has 0 atom stereocenters. The summed E-state index contributed by atoms with van der Waals surface area (Å²) in [5.41, 5.74) is -0.165. The molecule has 2 aromatic rings. The first-order valence-electron chi connectivity index (χ1n) is 5.65. The van der Waals surface area contributed by atoms with E-state index in [-0.39, 0.29) is 0 Å². The van der Waals surface area contributed by atoms with Gasteiger partial charge in [-0.05, 0) is 18.2 Å². The number of nitro groups is 1. The molecule has 0 amide bonds. The van der Waals surface area contributed by atoms with Gasteiger partial charge in [0.25, 0.3) is 0 Å². The molecule has 0 fully saturated rings. The number of nitrogens with zero attached hydrogens (tertiary/aromatic N) is 3. The normalized spacial score (nSPS) is 10.2. The maximum Gasteiger partial charge on any atom is 0.357 e. The van der Waals surface area contributed by atoms with Gasteiger partial charge in [-0.1, -0.05) is 18.2 Å².